The lowest BCUT2D eigenvalue weighted by Crippen LogP contribution is -2.29. The van der Waals surface area contributed by atoms with Gasteiger partial charge in [-0.25, -0.2) is 14.9 Å². The molecule has 7 heteroatoms. The molecule has 31 heavy (non-hydrogen) atoms. The number of rotatable bonds is 4. The number of nitrogens with zero attached hydrogens (tertiary/aromatic N) is 3. The van der Waals surface area contributed by atoms with Gasteiger partial charge in [0, 0.05) is 12.1 Å². The summed E-state index contributed by atoms with van der Waals surface area (Å²) in [5.74, 6) is -1.30. The highest BCUT2D eigenvalue weighted by molar-refractivity contribution is 6.33. The Kier molecular flexibility index (Phi) is 4.48. The summed E-state index contributed by atoms with van der Waals surface area (Å²) in [6.07, 6.45) is 0. The van der Waals surface area contributed by atoms with Gasteiger partial charge >= 0.3 is 0 Å². The number of nitrogens with one attached hydrogen (secondary N) is 1. The lowest BCUT2D eigenvalue weighted by molar-refractivity contribution is 0.0920. The maximum absolute atomic E-state index is 12.9. The molecule has 0 fully saturated rings. The van der Waals surface area contributed by atoms with Crippen LogP contribution in [0.25, 0.3) is 11.0 Å². The highest BCUT2D eigenvalue weighted by Crippen LogP contribution is 2.28. The third-order valence-corrected chi connectivity index (χ3v) is 5.07. The molecule has 7 nitrogen and oxygen atoms in total. The molecular weight excluding hydrogens is 392 g/mol. The van der Waals surface area contributed by atoms with Crippen molar-refractivity contribution >= 4 is 34.4 Å². The van der Waals surface area contributed by atoms with Crippen molar-refractivity contribution in [1.82, 2.24) is 15.3 Å². The number of hydrogen-bond donors (Lipinski definition) is 1. The molecule has 150 valence electrons. The van der Waals surface area contributed by atoms with E-state index in [1.54, 1.807) is 48.5 Å². The zero-order chi connectivity index (χ0) is 21.4. The Morgan fingerprint density at radius 1 is 0.742 bits per heavy atom. The average Bonchev–Trinajstić information content (AvgIpc) is 3.06. The number of carbonyl (C=O) groups is 3. The SMILES string of the molecule is O=C(NCc1ccccc1)c1ccc(N2C(=O)c3nc4ccccc4nc3C2=O)cc1. The summed E-state index contributed by atoms with van der Waals surface area (Å²) in [5, 5.41) is 2.85. The summed E-state index contributed by atoms with van der Waals surface area (Å²) >= 11 is 0. The van der Waals surface area contributed by atoms with Crippen molar-refractivity contribution in [1.29, 1.82) is 0 Å². The molecule has 0 atom stereocenters. The van der Waals surface area contributed by atoms with Gasteiger partial charge in [0.25, 0.3) is 17.7 Å². The molecule has 0 spiro atoms. The van der Waals surface area contributed by atoms with E-state index >= 15 is 0 Å². The number of imide groups is 1. The molecule has 4 aromatic rings. The molecule has 0 saturated carbocycles. The number of carbonyl (C=O) groups excluding carboxylic acids is 3. The van der Waals surface area contributed by atoms with E-state index in [2.05, 4.69) is 15.3 Å². The van der Waals surface area contributed by atoms with Crippen LogP contribution in [0.15, 0.2) is 78.9 Å². The maximum atomic E-state index is 12.9. The fourth-order valence-corrected chi connectivity index (χ4v) is 3.48. The number of hydrogen-bond acceptors (Lipinski definition) is 5. The van der Waals surface area contributed by atoms with E-state index < -0.39 is 11.8 Å². The highest BCUT2D eigenvalue weighted by Gasteiger charge is 2.40. The van der Waals surface area contributed by atoms with Gasteiger partial charge < -0.3 is 5.32 Å². The molecule has 2 heterocycles. The number of para-hydroxylation sites is 2. The second-order valence-electron chi connectivity index (χ2n) is 7.07. The van der Waals surface area contributed by atoms with E-state index in [0.717, 1.165) is 10.5 Å². The number of anilines is 1. The third-order valence-electron chi connectivity index (χ3n) is 5.07. The average molecular weight is 408 g/mol. The molecule has 1 aliphatic rings. The van der Waals surface area contributed by atoms with E-state index in [1.807, 2.05) is 30.3 Å². The van der Waals surface area contributed by atoms with Crippen LogP contribution in [0.3, 0.4) is 0 Å². The summed E-state index contributed by atoms with van der Waals surface area (Å²) in [6, 6.07) is 23.0. The number of benzene rings is 3. The van der Waals surface area contributed by atoms with Crippen LogP contribution in [0.4, 0.5) is 5.69 Å². The molecule has 3 aromatic carbocycles. The standard InChI is InChI=1S/C24H16N4O3/c29-22(25-14-15-6-2-1-3-7-15)16-10-12-17(13-11-16)28-23(30)20-21(24(28)31)27-19-9-5-4-8-18(19)26-20/h1-13H,14H2,(H,25,29). The first-order valence-corrected chi connectivity index (χ1v) is 9.69. The quantitative estimate of drug-likeness (QED) is 0.523. The van der Waals surface area contributed by atoms with Gasteiger partial charge in [-0.3, -0.25) is 14.4 Å². The largest absolute Gasteiger partial charge is 0.348 e. The summed E-state index contributed by atoms with van der Waals surface area (Å²) in [5.41, 5.74) is 2.95. The normalized spacial score (nSPS) is 12.8. The van der Waals surface area contributed by atoms with E-state index in [1.165, 1.54) is 0 Å². The molecule has 0 aliphatic carbocycles. The monoisotopic (exact) mass is 408 g/mol. The first-order valence-electron chi connectivity index (χ1n) is 9.69. The van der Waals surface area contributed by atoms with Gasteiger partial charge in [0.1, 0.15) is 0 Å². The zero-order valence-corrected chi connectivity index (χ0v) is 16.3. The lowest BCUT2D eigenvalue weighted by Gasteiger charge is -2.13. The minimum Gasteiger partial charge on any atom is -0.348 e. The Morgan fingerprint density at radius 2 is 1.29 bits per heavy atom. The predicted molar refractivity (Wildman–Crippen MR) is 115 cm³/mol. The van der Waals surface area contributed by atoms with E-state index in [0.29, 0.717) is 28.8 Å². The predicted octanol–water partition coefficient (Wildman–Crippen LogP) is 3.36. The smallest absolute Gasteiger partial charge is 0.286 e. The van der Waals surface area contributed by atoms with Gasteiger partial charge in [0.2, 0.25) is 0 Å². The minimum absolute atomic E-state index is 0.0355. The molecule has 0 bridgehead atoms. The lowest BCUT2D eigenvalue weighted by atomic mass is 10.1. The topological polar surface area (TPSA) is 92.3 Å². The van der Waals surface area contributed by atoms with Gasteiger partial charge in [-0.05, 0) is 42.0 Å². The van der Waals surface area contributed by atoms with Crippen molar-refractivity contribution in [3.63, 3.8) is 0 Å². The van der Waals surface area contributed by atoms with Gasteiger partial charge in [0.15, 0.2) is 11.4 Å². The summed E-state index contributed by atoms with van der Waals surface area (Å²) < 4.78 is 0. The zero-order valence-electron chi connectivity index (χ0n) is 16.3. The van der Waals surface area contributed by atoms with Crippen LogP contribution < -0.4 is 10.2 Å². The first-order chi connectivity index (χ1) is 15.1. The Labute approximate surface area is 177 Å². The van der Waals surface area contributed by atoms with Crippen molar-refractivity contribution < 1.29 is 14.4 Å². The van der Waals surface area contributed by atoms with Crippen LogP contribution in [0.5, 0.6) is 0 Å². The molecule has 1 aromatic heterocycles. The van der Waals surface area contributed by atoms with Crippen molar-refractivity contribution in [2.75, 3.05) is 4.90 Å². The second-order valence-corrected chi connectivity index (χ2v) is 7.07. The number of fused-ring (bicyclic) bond motifs is 2. The van der Waals surface area contributed by atoms with Crippen LogP contribution in [-0.2, 0) is 6.54 Å². The van der Waals surface area contributed by atoms with Gasteiger partial charge in [0.05, 0.1) is 16.7 Å². The van der Waals surface area contributed by atoms with E-state index in [4.69, 9.17) is 0 Å². The summed E-state index contributed by atoms with van der Waals surface area (Å²) in [6.45, 7) is 0.407. The molecule has 1 N–H and O–H groups in total. The van der Waals surface area contributed by atoms with Crippen molar-refractivity contribution in [3.05, 3.63) is 101 Å². The molecular formula is C24H16N4O3. The first kappa shape index (κ1) is 18.6. The second kappa shape index (κ2) is 7.46. The Hall–Kier alpha value is -4.39. The van der Waals surface area contributed by atoms with Crippen LogP contribution in [0, 0.1) is 0 Å². The maximum Gasteiger partial charge on any atom is 0.286 e. The third kappa shape index (κ3) is 3.32. The van der Waals surface area contributed by atoms with Crippen molar-refractivity contribution in [2.45, 2.75) is 6.54 Å². The number of amides is 3. The molecule has 3 amide bonds. The fourth-order valence-electron chi connectivity index (χ4n) is 3.48. The van der Waals surface area contributed by atoms with Gasteiger partial charge in [-0.15, -0.1) is 0 Å². The van der Waals surface area contributed by atoms with Crippen LogP contribution in [0.2, 0.25) is 0 Å². The van der Waals surface area contributed by atoms with Crippen LogP contribution >= 0.6 is 0 Å². The fraction of sp³-hybridized carbons (Fsp3) is 0.0417. The minimum atomic E-state index is -0.528. The van der Waals surface area contributed by atoms with Gasteiger partial charge in [-0.2, -0.15) is 0 Å². The molecule has 0 radical (unpaired) electrons. The molecule has 0 unspecified atom stereocenters. The van der Waals surface area contributed by atoms with Gasteiger partial charge in [-0.1, -0.05) is 42.5 Å². The van der Waals surface area contributed by atoms with Crippen molar-refractivity contribution in [3.8, 4) is 0 Å². The Balaban J connectivity index is 1.37. The Morgan fingerprint density at radius 3 is 1.87 bits per heavy atom. The van der Waals surface area contributed by atoms with E-state index in [-0.39, 0.29) is 17.3 Å². The van der Waals surface area contributed by atoms with E-state index in [9.17, 15) is 14.4 Å². The highest BCUT2D eigenvalue weighted by atomic mass is 16.2. The Bertz CT molecular complexity index is 1280. The van der Waals surface area contributed by atoms with Crippen LogP contribution in [-0.4, -0.2) is 27.7 Å². The molecule has 5 rings (SSSR count). The molecule has 0 saturated heterocycles. The summed E-state index contributed by atoms with van der Waals surface area (Å²) in [7, 11) is 0. The molecule has 1 aliphatic heterocycles. The number of aromatic nitrogens is 2. The van der Waals surface area contributed by atoms with Crippen LogP contribution in [0.1, 0.15) is 36.9 Å². The summed E-state index contributed by atoms with van der Waals surface area (Å²) in [4.78, 5) is 47.8. The van der Waals surface area contributed by atoms with Crippen molar-refractivity contribution in [2.24, 2.45) is 0 Å².